The zero-order valence-electron chi connectivity index (χ0n) is 20.4. The Bertz CT molecular complexity index is 1280. The molecule has 2 N–H and O–H groups in total. The Morgan fingerprint density at radius 1 is 0.667 bits per heavy atom. The maximum atomic E-state index is 13.2. The van der Waals surface area contributed by atoms with E-state index in [2.05, 4.69) is 5.32 Å². The predicted octanol–water partition coefficient (Wildman–Crippen LogP) is 4.39. The van der Waals surface area contributed by atoms with Gasteiger partial charge in [-0.1, -0.05) is 53.1 Å². The summed E-state index contributed by atoms with van der Waals surface area (Å²) in [5.74, 6) is -4.51. The second-order valence-electron chi connectivity index (χ2n) is 8.53. The number of anilines is 1. The van der Waals surface area contributed by atoms with E-state index >= 15 is 0 Å². The lowest BCUT2D eigenvalue weighted by Crippen LogP contribution is -2.48. The van der Waals surface area contributed by atoms with Gasteiger partial charge in [-0.2, -0.15) is 0 Å². The largest absolute Gasteiger partial charge is 0.478 e. The molecular formula is C28H27NO7. The lowest BCUT2D eigenvalue weighted by atomic mass is 10.1. The van der Waals surface area contributed by atoms with E-state index in [1.54, 1.807) is 43.3 Å². The Balaban J connectivity index is 1.92. The molecule has 0 unspecified atom stereocenters. The van der Waals surface area contributed by atoms with E-state index in [0.29, 0.717) is 5.69 Å². The molecule has 8 nitrogen and oxygen atoms in total. The maximum Gasteiger partial charge on any atom is 0.349 e. The van der Waals surface area contributed by atoms with Crippen molar-refractivity contribution in [3.8, 4) is 0 Å². The van der Waals surface area contributed by atoms with Crippen molar-refractivity contribution >= 4 is 29.5 Å². The van der Waals surface area contributed by atoms with E-state index in [4.69, 9.17) is 9.47 Å². The van der Waals surface area contributed by atoms with Crippen molar-refractivity contribution in [2.75, 3.05) is 5.32 Å². The van der Waals surface area contributed by atoms with Crippen LogP contribution < -0.4 is 5.32 Å². The molecule has 3 rings (SSSR count). The van der Waals surface area contributed by atoms with E-state index in [1.807, 2.05) is 26.8 Å². The van der Waals surface area contributed by atoms with Crippen LogP contribution in [0.15, 0.2) is 66.7 Å². The average molecular weight is 490 g/mol. The molecular weight excluding hydrogens is 462 g/mol. The number of nitrogens with one attached hydrogen (secondary N) is 1. The van der Waals surface area contributed by atoms with Crippen molar-refractivity contribution in [1.29, 1.82) is 0 Å². The Hall–Kier alpha value is -4.46. The van der Waals surface area contributed by atoms with Gasteiger partial charge in [-0.05, 0) is 63.6 Å². The molecule has 3 aromatic carbocycles. The molecule has 0 aliphatic rings. The molecule has 186 valence electrons. The van der Waals surface area contributed by atoms with Crippen LogP contribution in [0, 0.1) is 27.7 Å². The minimum Gasteiger partial charge on any atom is -0.478 e. The molecule has 0 fully saturated rings. The summed E-state index contributed by atoms with van der Waals surface area (Å²) in [6.07, 6.45) is -4.06. The first kappa shape index (κ1) is 26.2. The summed E-state index contributed by atoms with van der Waals surface area (Å²) in [4.78, 5) is 50.9. The number of carboxylic acids is 1. The monoisotopic (exact) mass is 489 g/mol. The number of benzene rings is 3. The van der Waals surface area contributed by atoms with E-state index in [-0.39, 0.29) is 11.1 Å². The van der Waals surface area contributed by atoms with E-state index < -0.39 is 36.0 Å². The summed E-state index contributed by atoms with van der Waals surface area (Å²) in [5, 5.41) is 12.4. The predicted molar refractivity (Wildman–Crippen MR) is 133 cm³/mol. The van der Waals surface area contributed by atoms with Gasteiger partial charge in [-0.3, -0.25) is 4.79 Å². The normalized spacial score (nSPS) is 12.2. The molecule has 1 amide bonds. The minimum atomic E-state index is -2.10. The fraction of sp³-hybridized carbons (Fsp3) is 0.214. The topological polar surface area (TPSA) is 119 Å². The first-order valence-electron chi connectivity index (χ1n) is 11.2. The second kappa shape index (κ2) is 11.3. The molecule has 0 spiro atoms. The molecule has 0 aliphatic carbocycles. The van der Waals surface area contributed by atoms with E-state index in [9.17, 15) is 24.3 Å². The Morgan fingerprint density at radius 2 is 1.11 bits per heavy atom. The molecule has 0 saturated heterocycles. The molecule has 0 aromatic heterocycles. The van der Waals surface area contributed by atoms with Gasteiger partial charge in [0.15, 0.2) is 0 Å². The van der Waals surface area contributed by atoms with Crippen LogP contribution in [0.2, 0.25) is 0 Å². The number of hydrogen-bond acceptors (Lipinski definition) is 6. The van der Waals surface area contributed by atoms with Crippen molar-refractivity contribution in [2.45, 2.75) is 39.9 Å². The highest BCUT2D eigenvalue weighted by Gasteiger charge is 2.41. The van der Waals surface area contributed by atoms with Crippen molar-refractivity contribution in [1.82, 2.24) is 0 Å². The van der Waals surface area contributed by atoms with Crippen molar-refractivity contribution < 1.29 is 33.8 Å². The standard InChI is InChI=1S/C28H27NO7/c1-16-5-10-20(11-6-16)27(33)35-23(25(30)29-22-14-9-18(3)15-19(22)4)24(26(31)32)36-28(34)21-12-7-17(2)8-13-21/h5-15,23-24H,1-4H3,(H,29,30)(H,31,32)/t23-,24+/m1/s1. The fourth-order valence-corrected chi connectivity index (χ4v) is 3.40. The number of carbonyl (C=O) groups excluding carboxylic acids is 3. The molecule has 2 atom stereocenters. The third-order valence-electron chi connectivity index (χ3n) is 5.46. The smallest absolute Gasteiger partial charge is 0.349 e. The van der Waals surface area contributed by atoms with Crippen molar-refractivity contribution in [3.63, 3.8) is 0 Å². The van der Waals surface area contributed by atoms with Crippen LogP contribution >= 0.6 is 0 Å². The zero-order valence-corrected chi connectivity index (χ0v) is 20.4. The van der Waals surface area contributed by atoms with Gasteiger partial charge in [0, 0.05) is 5.69 Å². The lowest BCUT2D eigenvalue weighted by Gasteiger charge is -2.24. The quantitative estimate of drug-likeness (QED) is 0.450. The van der Waals surface area contributed by atoms with Crippen LogP contribution in [-0.2, 0) is 19.1 Å². The third-order valence-corrected chi connectivity index (χ3v) is 5.46. The van der Waals surface area contributed by atoms with Gasteiger partial charge in [-0.25, -0.2) is 14.4 Å². The number of hydrogen-bond donors (Lipinski definition) is 2. The number of rotatable bonds is 8. The Morgan fingerprint density at radius 3 is 1.56 bits per heavy atom. The molecule has 0 aliphatic heterocycles. The molecule has 0 heterocycles. The van der Waals surface area contributed by atoms with Gasteiger partial charge >= 0.3 is 17.9 Å². The van der Waals surface area contributed by atoms with Crippen LogP contribution in [0.3, 0.4) is 0 Å². The van der Waals surface area contributed by atoms with Crippen LogP contribution in [0.4, 0.5) is 5.69 Å². The number of carboxylic acid groups (broad SMARTS) is 1. The lowest BCUT2D eigenvalue weighted by molar-refractivity contribution is -0.157. The van der Waals surface area contributed by atoms with Crippen LogP contribution in [0.5, 0.6) is 0 Å². The summed E-state index contributed by atoms with van der Waals surface area (Å²) in [6, 6.07) is 17.8. The molecule has 3 aromatic rings. The van der Waals surface area contributed by atoms with E-state index in [0.717, 1.165) is 22.3 Å². The Labute approximate surface area is 208 Å². The molecule has 36 heavy (non-hydrogen) atoms. The van der Waals surface area contributed by atoms with Crippen molar-refractivity contribution in [3.05, 3.63) is 100 Å². The summed E-state index contributed by atoms with van der Waals surface area (Å²) < 4.78 is 10.5. The number of ether oxygens (including phenoxy) is 2. The summed E-state index contributed by atoms with van der Waals surface area (Å²) >= 11 is 0. The van der Waals surface area contributed by atoms with Crippen LogP contribution in [-0.4, -0.2) is 41.1 Å². The number of amides is 1. The summed E-state index contributed by atoms with van der Waals surface area (Å²) in [5.41, 5.74) is 4.06. The fourth-order valence-electron chi connectivity index (χ4n) is 3.40. The average Bonchev–Trinajstić information content (AvgIpc) is 2.83. The van der Waals surface area contributed by atoms with Crippen LogP contribution in [0.1, 0.15) is 43.0 Å². The van der Waals surface area contributed by atoms with Gasteiger partial charge in [0.1, 0.15) is 0 Å². The first-order valence-corrected chi connectivity index (χ1v) is 11.2. The summed E-state index contributed by atoms with van der Waals surface area (Å²) in [7, 11) is 0. The third kappa shape index (κ3) is 6.56. The zero-order chi connectivity index (χ0) is 26.4. The number of aryl methyl sites for hydroxylation is 4. The van der Waals surface area contributed by atoms with E-state index in [1.165, 1.54) is 24.3 Å². The second-order valence-corrected chi connectivity index (χ2v) is 8.53. The maximum absolute atomic E-state index is 13.2. The highest BCUT2D eigenvalue weighted by atomic mass is 16.6. The first-order chi connectivity index (χ1) is 17.0. The molecule has 0 radical (unpaired) electrons. The van der Waals surface area contributed by atoms with Gasteiger partial charge in [0.05, 0.1) is 11.1 Å². The SMILES string of the molecule is Cc1ccc(C(=O)O[C@H](C(=O)O)[C@@H](OC(=O)c2ccc(C)cc2)C(=O)Nc2ccc(C)cc2C)cc1. The number of carbonyl (C=O) groups is 4. The highest BCUT2D eigenvalue weighted by molar-refractivity contribution is 6.01. The molecule has 8 heteroatoms. The van der Waals surface area contributed by atoms with Crippen LogP contribution in [0.25, 0.3) is 0 Å². The summed E-state index contributed by atoms with van der Waals surface area (Å²) in [6.45, 7) is 7.31. The molecule has 0 saturated carbocycles. The Kier molecular flexibility index (Phi) is 8.22. The van der Waals surface area contributed by atoms with Gasteiger partial charge in [0.25, 0.3) is 5.91 Å². The highest BCUT2D eigenvalue weighted by Crippen LogP contribution is 2.19. The number of esters is 2. The van der Waals surface area contributed by atoms with Crippen molar-refractivity contribution in [2.24, 2.45) is 0 Å². The van der Waals surface area contributed by atoms with Gasteiger partial charge in [-0.15, -0.1) is 0 Å². The molecule has 0 bridgehead atoms. The van der Waals surface area contributed by atoms with Gasteiger partial charge < -0.3 is 19.9 Å². The van der Waals surface area contributed by atoms with Gasteiger partial charge in [0.2, 0.25) is 12.2 Å². The number of aliphatic carboxylic acids is 1. The minimum absolute atomic E-state index is 0.0882.